The molecule has 0 radical (unpaired) electrons. The van der Waals surface area contributed by atoms with Crippen molar-refractivity contribution in [1.82, 2.24) is 20.7 Å². The average molecular weight is 472 g/mol. The minimum atomic E-state index is -1.18. The summed E-state index contributed by atoms with van der Waals surface area (Å²) in [5.74, 6) is -1.18. The van der Waals surface area contributed by atoms with E-state index >= 15 is 0 Å². The molecule has 9 heteroatoms. The zero-order chi connectivity index (χ0) is 14.4. The predicted molar refractivity (Wildman–Crippen MR) is 65.4 cm³/mol. The van der Waals surface area contributed by atoms with Crippen LogP contribution in [0.4, 0.5) is 4.79 Å². The Morgan fingerprint density at radius 3 is 2.67 bits per heavy atom. The number of aromatic nitrogens is 3. The van der Waals surface area contributed by atoms with Gasteiger partial charge in [0.05, 0.1) is 0 Å². The fourth-order valence-corrected chi connectivity index (χ4v) is 1.49. The van der Waals surface area contributed by atoms with Crippen molar-refractivity contribution in [2.75, 3.05) is 0 Å². The van der Waals surface area contributed by atoms with Gasteiger partial charge in [0.15, 0.2) is 6.04 Å². The number of amides is 1. The summed E-state index contributed by atoms with van der Waals surface area (Å²) in [7, 11) is 0. The minimum absolute atomic E-state index is 0. The quantitative estimate of drug-likeness (QED) is 0.435. The van der Waals surface area contributed by atoms with E-state index in [9.17, 15) is 9.59 Å². The summed E-state index contributed by atoms with van der Waals surface area (Å²) in [4.78, 5) is 22.7. The molecule has 0 saturated carbocycles. The third kappa shape index (κ3) is 5.03. The Morgan fingerprint density at radius 1 is 1.38 bits per heavy atom. The Labute approximate surface area is 135 Å². The summed E-state index contributed by atoms with van der Waals surface area (Å²) in [5.41, 5.74) is 0.832. The molecule has 0 aliphatic heterocycles. The van der Waals surface area contributed by atoms with Crippen LogP contribution < -0.4 is 5.32 Å². The van der Waals surface area contributed by atoms with E-state index in [-0.39, 0.29) is 29.0 Å². The number of benzene rings is 1. The molecule has 0 saturated heterocycles. The minimum Gasteiger partial charge on any atom is -0.479 e. The molecule has 0 aliphatic rings. The molecule has 2 aromatic rings. The first-order valence-electron chi connectivity index (χ1n) is 5.65. The van der Waals surface area contributed by atoms with Gasteiger partial charge in [0, 0.05) is 0 Å². The monoisotopic (exact) mass is 472 g/mol. The van der Waals surface area contributed by atoms with Crippen LogP contribution in [0.1, 0.15) is 17.3 Å². The van der Waals surface area contributed by atoms with Crippen LogP contribution in [0.3, 0.4) is 0 Å². The van der Waals surface area contributed by atoms with Crippen LogP contribution in [-0.2, 0) is 38.5 Å². The molecule has 2 rings (SSSR count). The standard InChI is InChI=1S/C12H11N4O4.Au/c17-11(18)10(8-4-2-1-3-5-8)14-12(19)20-7-9-6-13-16-15-9;/h1-5,10H,7H2,(H,14,19)(H,17,18)(H,13,15,16);/q-1;+1/t10-;/m1./s1. The molecular formula is C12H11AuN4O4. The van der Waals surface area contributed by atoms with Crippen molar-refractivity contribution in [2.45, 2.75) is 12.6 Å². The number of carbonyl (C=O) groups is 2. The van der Waals surface area contributed by atoms with Crippen LogP contribution in [0.2, 0.25) is 0 Å². The van der Waals surface area contributed by atoms with E-state index in [1.807, 2.05) is 0 Å². The molecule has 0 fully saturated rings. The Bertz CT molecular complexity index is 576. The number of carboxylic acids is 1. The van der Waals surface area contributed by atoms with Gasteiger partial charge in [-0.3, -0.25) is 5.10 Å². The zero-order valence-electron chi connectivity index (χ0n) is 10.5. The van der Waals surface area contributed by atoms with Crippen molar-refractivity contribution >= 4 is 12.1 Å². The van der Waals surface area contributed by atoms with E-state index in [4.69, 9.17) is 9.84 Å². The van der Waals surface area contributed by atoms with Crippen LogP contribution in [0.15, 0.2) is 30.3 Å². The number of nitrogens with one attached hydrogen (secondary N) is 2. The van der Waals surface area contributed by atoms with Gasteiger partial charge in [0.2, 0.25) is 0 Å². The molecule has 3 N–H and O–H groups in total. The van der Waals surface area contributed by atoms with Crippen molar-refractivity contribution in [3.05, 3.63) is 47.8 Å². The van der Waals surface area contributed by atoms with Crippen LogP contribution in [0.25, 0.3) is 0 Å². The maximum atomic E-state index is 11.6. The number of alkyl carbamates (subject to hydrolysis) is 1. The van der Waals surface area contributed by atoms with Gasteiger partial charge < -0.3 is 26.5 Å². The Balaban J connectivity index is 0.00000220. The molecule has 21 heavy (non-hydrogen) atoms. The first-order valence-corrected chi connectivity index (χ1v) is 5.65. The number of carbonyl (C=O) groups excluding carboxylic acids is 1. The Kier molecular flexibility index (Phi) is 6.60. The molecule has 0 bridgehead atoms. The second-order valence-corrected chi connectivity index (χ2v) is 3.80. The molecule has 1 atom stereocenters. The summed E-state index contributed by atoms with van der Waals surface area (Å²) < 4.78 is 4.83. The molecule has 1 amide bonds. The zero-order valence-corrected chi connectivity index (χ0v) is 12.7. The molecule has 114 valence electrons. The van der Waals surface area contributed by atoms with Crippen LogP contribution in [-0.4, -0.2) is 32.6 Å². The number of rotatable bonds is 5. The summed E-state index contributed by atoms with van der Waals surface area (Å²) in [6.07, 6.45) is 1.61. The molecule has 1 aromatic heterocycles. The number of hydrogen-bond acceptors (Lipinski definition) is 5. The number of nitrogens with zero attached hydrogens (tertiary/aromatic N) is 2. The topological polar surface area (TPSA) is 117 Å². The average Bonchev–Trinajstić information content (AvgIpc) is 2.96. The number of hydrogen-bond donors (Lipinski definition) is 3. The number of aliphatic carboxylic acids is 1. The molecule has 1 aromatic carbocycles. The van der Waals surface area contributed by atoms with Crippen molar-refractivity contribution < 1.29 is 41.8 Å². The third-order valence-corrected chi connectivity index (χ3v) is 2.41. The van der Waals surface area contributed by atoms with E-state index < -0.39 is 18.1 Å². The van der Waals surface area contributed by atoms with Gasteiger partial charge in [-0.1, -0.05) is 36.0 Å². The van der Waals surface area contributed by atoms with Crippen LogP contribution in [0, 0.1) is 6.20 Å². The first-order chi connectivity index (χ1) is 9.66. The largest absolute Gasteiger partial charge is 1.00 e. The second-order valence-electron chi connectivity index (χ2n) is 3.80. The summed E-state index contributed by atoms with van der Waals surface area (Å²) in [6.45, 7) is -0.125. The Hall–Kier alpha value is -2.16. The fraction of sp³-hybridized carbons (Fsp3) is 0.167. The van der Waals surface area contributed by atoms with Crippen molar-refractivity contribution in [1.29, 1.82) is 0 Å². The molecule has 0 unspecified atom stereocenters. The normalized spacial score (nSPS) is 11.0. The summed E-state index contributed by atoms with van der Waals surface area (Å²) >= 11 is 0. The SMILES string of the molecule is O=C(N[C@@H](C(=O)O)c1ccccc1)OCc1[c-]nn[nH]1.[Au+]. The van der Waals surface area contributed by atoms with Gasteiger partial charge in [-0.2, -0.15) is 0 Å². The predicted octanol–water partition coefficient (Wildman–Crippen LogP) is 0.654. The molecular weight excluding hydrogens is 461 g/mol. The van der Waals surface area contributed by atoms with Gasteiger partial charge >= 0.3 is 34.4 Å². The van der Waals surface area contributed by atoms with E-state index in [0.29, 0.717) is 11.3 Å². The van der Waals surface area contributed by atoms with Crippen LogP contribution in [0.5, 0.6) is 0 Å². The van der Waals surface area contributed by atoms with E-state index in [2.05, 4.69) is 26.9 Å². The third-order valence-electron chi connectivity index (χ3n) is 2.41. The number of ether oxygens (including phenoxy) is 1. The molecule has 8 nitrogen and oxygen atoms in total. The van der Waals surface area contributed by atoms with E-state index in [1.165, 1.54) is 0 Å². The van der Waals surface area contributed by atoms with Gasteiger partial charge in [-0.05, 0) is 5.56 Å². The number of carboxylic acid groups (broad SMARTS) is 1. The van der Waals surface area contributed by atoms with Crippen molar-refractivity contribution in [3.8, 4) is 0 Å². The first kappa shape index (κ1) is 16.9. The molecule has 1 heterocycles. The maximum Gasteiger partial charge on any atom is 1.00 e. The van der Waals surface area contributed by atoms with Crippen molar-refractivity contribution in [3.63, 3.8) is 0 Å². The molecule has 0 aliphatic carbocycles. The second kappa shape index (κ2) is 8.20. The fourth-order valence-electron chi connectivity index (χ4n) is 1.49. The van der Waals surface area contributed by atoms with Gasteiger partial charge in [-0.25, -0.2) is 9.59 Å². The van der Waals surface area contributed by atoms with Gasteiger partial charge in [0.25, 0.3) is 0 Å². The smallest absolute Gasteiger partial charge is 0.479 e. The van der Waals surface area contributed by atoms with Gasteiger partial charge in [0.1, 0.15) is 6.61 Å². The molecule has 0 spiro atoms. The Morgan fingerprint density at radius 2 is 2.10 bits per heavy atom. The van der Waals surface area contributed by atoms with E-state index in [1.54, 1.807) is 30.3 Å². The summed E-state index contributed by atoms with van der Waals surface area (Å²) in [5, 5.41) is 20.7. The van der Waals surface area contributed by atoms with Crippen molar-refractivity contribution in [2.24, 2.45) is 0 Å². The number of aromatic amines is 1. The van der Waals surface area contributed by atoms with Gasteiger partial charge in [-0.15, -0.1) is 5.21 Å². The maximum absolute atomic E-state index is 11.6. The van der Waals surface area contributed by atoms with Crippen LogP contribution >= 0.6 is 0 Å². The summed E-state index contributed by atoms with van der Waals surface area (Å²) in [6, 6.07) is 7.15. The van der Waals surface area contributed by atoms with E-state index in [0.717, 1.165) is 0 Å². The number of H-pyrrole nitrogens is 1.